The van der Waals surface area contributed by atoms with E-state index in [2.05, 4.69) is 11.4 Å². The fraction of sp³-hybridized carbons (Fsp3) is 0.250. The summed E-state index contributed by atoms with van der Waals surface area (Å²) in [6.45, 7) is 1.52. The average molecular weight is 297 g/mol. The Bertz CT molecular complexity index is 684. The number of amides is 1. The van der Waals surface area contributed by atoms with Crippen LogP contribution in [0.15, 0.2) is 35.7 Å². The fourth-order valence-electron chi connectivity index (χ4n) is 2.40. The number of nitriles is 1. The van der Waals surface area contributed by atoms with Gasteiger partial charge in [-0.2, -0.15) is 5.26 Å². The number of nitrogens with zero attached hydrogens (tertiary/aromatic N) is 2. The Labute approximate surface area is 127 Å². The molecule has 4 nitrogen and oxygen atoms in total. The van der Waals surface area contributed by atoms with E-state index in [0.717, 1.165) is 29.2 Å². The van der Waals surface area contributed by atoms with Crippen LogP contribution < -0.4 is 10.2 Å². The molecular weight excluding hydrogens is 282 g/mol. The molecule has 1 amide bonds. The van der Waals surface area contributed by atoms with Crippen molar-refractivity contribution >= 4 is 28.6 Å². The van der Waals surface area contributed by atoms with Gasteiger partial charge in [-0.1, -0.05) is 0 Å². The molecule has 1 aromatic carbocycles. The van der Waals surface area contributed by atoms with Gasteiger partial charge in [-0.05, 0) is 36.8 Å². The van der Waals surface area contributed by atoms with Crippen LogP contribution in [0.3, 0.4) is 0 Å². The van der Waals surface area contributed by atoms with Crippen molar-refractivity contribution < 1.29 is 4.79 Å². The van der Waals surface area contributed by atoms with Gasteiger partial charge in [-0.15, -0.1) is 11.3 Å². The van der Waals surface area contributed by atoms with Gasteiger partial charge in [0.2, 0.25) is 5.91 Å². The van der Waals surface area contributed by atoms with Gasteiger partial charge >= 0.3 is 0 Å². The van der Waals surface area contributed by atoms with Gasteiger partial charge in [0, 0.05) is 41.1 Å². The number of carbonyl (C=O) groups excluding carboxylic acids is 1. The molecule has 1 fully saturated rings. The maximum absolute atomic E-state index is 11.7. The maximum Gasteiger partial charge on any atom is 0.227 e. The molecule has 1 aromatic heterocycles. The van der Waals surface area contributed by atoms with E-state index in [0.29, 0.717) is 18.5 Å². The Kier molecular flexibility index (Phi) is 3.89. The summed E-state index contributed by atoms with van der Waals surface area (Å²) in [5, 5.41) is 14.0. The molecule has 0 saturated carbocycles. The van der Waals surface area contributed by atoms with E-state index in [1.165, 1.54) is 0 Å². The molecule has 0 atom stereocenters. The van der Waals surface area contributed by atoms with Crippen LogP contribution >= 0.6 is 11.3 Å². The Morgan fingerprint density at radius 2 is 2.14 bits per heavy atom. The first-order valence-electron chi connectivity index (χ1n) is 6.88. The lowest BCUT2D eigenvalue weighted by atomic mass is 10.2. The van der Waals surface area contributed by atoms with E-state index in [1.807, 2.05) is 40.6 Å². The number of anilines is 2. The number of carbonyl (C=O) groups is 1. The highest BCUT2D eigenvalue weighted by molar-refractivity contribution is 7.10. The minimum atomic E-state index is 0.207. The number of hydrogen-bond acceptors (Lipinski definition) is 4. The molecule has 2 heterocycles. The van der Waals surface area contributed by atoms with Gasteiger partial charge in [0.25, 0.3) is 0 Å². The van der Waals surface area contributed by atoms with Crippen LogP contribution in [0.4, 0.5) is 11.4 Å². The van der Waals surface area contributed by atoms with Crippen molar-refractivity contribution in [1.29, 1.82) is 5.26 Å². The Morgan fingerprint density at radius 1 is 1.33 bits per heavy atom. The summed E-state index contributed by atoms with van der Waals surface area (Å²) in [4.78, 5) is 14.7. The monoisotopic (exact) mass is 297 g/mol. The Balaban J connectivity index is 1.62. The third-order valence-corrected chi connectivity index (χ3v) is 4.44. The summed E-state index contributed by atoms with van der Waals surface area (Å²) < 4.78 is 0. The second kappa shape index (κ2) is 5.98. The third kappa shape index (κ3) is 3.06. The molecule has 1 N–H and O–H groups in total. The van der Waals surface area contributed by atoms with E-state index in [1.54, 1.807) is 11.3 Å². The van der Waals surface area contributed by atoms with Gasteiger partial charge in [0.15, 0.2) is 0 Å². The minimum Gasteiger partial charge on any atom is -0.380 e. The zero-order valence-electron chi connectivity index (χ0n) is 11.5. The maximum atomic E-state index is 11.7. The Morgan fingerprint density at radius 3 is 2.76 bits per heavy atom. The molecule has 0 unspecified atom stereocenters. The molecular formula is C16H15N3OS. The molecule has 106 valence electrons. The van der Waals surface area contributed by atoms with Crippen molar-refractivity contribution in [3.8, 4) is 6.07 Å². The van der Waals surface area contributed by atoms with Crippen LogP contribution in [0.1, 0.15) is 23.3 Å². The predicted molar refractivity (Wildman–Crippen MR) is 84.4 cm³/mol. The number of nitrogens with one attached hydrogen (secondary N) is 1. The van der Waals surface area contributed by atoms with Crippen LogP contribution in [0, 0.1) is 11.3 Å². The third-order valence-electron chi connectivity index (χ3n) is 3.50. The SMILES string of the molecule is N#Cc1csc(CNc2ccc(N3CCCC3=O)cc2)c1. The lowest BCUT2D eigenvalue weighted by molar-refractivity contribution is -0.117. The number of hydrogen-bond donors (Lipinski definition) is 1. The summed E-state index contributed by atoms with van der Waals surface area (Å²) in [5.41, 5.74) is 2.68. The standard InChI is InChI=1S/C16H15N3OS/c17-9-12-8-15(21-11-12)10-18-13-3-5-14(6-4-13)19-7-1-2-16(19)20/h3-6,8,11,18H,1-2,7,10H2. The molecule has 1 aliphatic heterocycles. The highest BCUT2D eigenvalue weighted by Crippen LogP contribution is 2.23. The van der Waals surface area contributed by atoms with Crippen LogP contribution in [-0.4, -0.2) is 12.5 Å². The topological polar surface area (TPSA) is 56.1 Å². The van der Waals surface area contributed by atoms with Crippen LogP contribution in [0.2, 0.25) is 0 Å². The summed E-state index contributed by atoms with van der Waals surface area (Å²) in [6, 6.07) is 11.9. The molecule has 5 heteroatoms. The second-order valence-corrected chi connectivity index (χ2v) is 5.96. The quantitative estimate of drug-likeness (QED) is 0.941. The summed E-state index contributed by atoms with van der Waals surface area (Å²) in [7, 11) is 0. The second-order valence-electron chi connectivity index (χ2n) is 4.96. The zero-order chi connectivity index (χ0) is 14.7. The van der Waals surface area contributed by atoms with Crippen molar-refractivity contribution in [3.05, 3.63) is 46.2 Å². The van der Waals surface area contributed by atoms with Gasteiger partial charge in [0.05, 0.1) is 5.56 Å². The van der Waals surface area contributed by atoms with E-state index in [-0.39, 0.29) is 5.91 Å². The van der Waals surface area contributed by atoms with Crippen molar-refractivity contribution in [2.45, 2.75) is 19.4 Å². The van der Waals surface area contributed by atoms with Crippen molar-refractivity contribution in [3.63, 3.8) is 0 Å². The first-order valence-corrected chi connectivity index (χ1v) is 7.76. The highest BCUT2D eigenvalue weighted by Gasteiger charge is 2.21. The molecule has 2 aromatic rings. The van der Waals surface area contributed by atoms with Crippen molar-refractivity contribution in [2.24, 2.45) is 0 Å². The van der Waals surface area contributed by atoms with Gasteiger partial charge in [-0.3, -0.25) is 4.79 Å². The van der Waals surface area contributed by atoms with Gasteiger partial charge in [0.1, 0.15) is 6.07 Å². The smallest absolute Gasteiger partial charge is 0.227 e. The lowest BCUT2D eigenvalue weighted by Gasteiger charge is -2.16. The van der Waals surface area contributed by atoms with E-state index >= 15 is 0 Å². The minimum absolute atomic E-state index is 0.207. The summed E-state index contributed by atoms with van der Waals surface area (Å²) in [6.07, 6.45) is 1.60. The van der Waals surface area contributed by atoms with Crippen LogP contribution in [-0.2, 0) is 11.3 Å². The molecule has 3 rings (SSSR count). The number of thiophene rings is 1. The summed E-state index contributed by atoms with van der Waals surface area (Å²) >= 11 is 1.58. The average Bonchev–Trinajstić information content (AvgIpc) is 3.14. The molecule has 0 spiro atoms. The molecule has 21 heavy (non-hydrogen) atoms. The molecule has 1 aliphatic rings. The fourth-order valence-corrected chi connectivity index (χ4v) is 3.15. The van der Waals surface area contributed by atoms with Gasteiger partial charge < -0.3 is 10.2 Å². The van der Waals surface area contributed by atoms with Crippen LogP contribution in [0.5, 0.6) is 0 Å². The molecule has 0 aliphatic carbocycles. The molecule has 0 bridgehead atoms. The van der Waals surface area contributed by atoms with E-state index < -0.39 is 0 Å². The highest BCUT2D eigenvalue weighted by atomic mass is 32.1. The number of benzene rings is 1. The Hall–Kier alpha value is -2.32. The van der Waals surface area contributed by atoms with Gasteiger partial charge in [-0.25, -0.2) is 0 Å². The largest absolute Gasteiger partial charge is 0.380 e. The van der Waals surface area contributed by atoms with Crippen molar-refractivity contribution in [2.75, 3.05) is 16.8 Å². The normalized spacial score (nSPS) is 14.2. The predicted octanol–water partition coefficient (Wildman–Crippen LogP) is 3.36. The first-order chi connectivity index (χ1) is 10.3. The first kappa shape index (κ1) is 13.7. The summed E-state index contributed by atoms with van der Waals surface area (Å²) in [5.74, 6) is 0.207. The molecule has 0 radical (unpaired) electrons. The number of rotatable bonds is 4. The lowest BCUT2D eigenvalue weighted by Crippen LogP contribution is -2.23. The van der Waals surface area contributed by atoms with E-state index in [4.69, 9.17) is 5.26 Å². The zero-order valence-corrected chi connectivity index (χ0v) is 12.3. The van der Waals surface area contributed by atoms with Crippen molar-refractivity contribution in [1.82, 2.24) is 0 Å². The molecule has 1 saturated heterocycles. The van der Waals surface area contributed by atoms with E-state index in [9.17, 15) is 4.79 Å². The van der Waals surface area contributed by atoms with Crippen LogP contribution in [0.25, 0.3) is 0 Å².